The number of phenolic OH excluding ortho intramolecular Hbond substituents is 1. The summed E-state index contributed by atoms with van der Waals surface area (Å²) in [7, 11) is 0. The molecule has 1 fully saturated rings. The van der Waals surface area contributed by atoms with Crippen LogP contribution >= 0.6 is 0 Å². The average Bonchev–Trinajstić information content (AvgIpc) is 3.05. The largest absolute Gasteiger partial charge is 0.507 e. The number of ketones is 1. The minimum atomic E-state index is -0.291. The van der Waals surface area contributed by atoms with Crippen molar-refractivity contribution in [3.63, 3.8) is 0 Å². The first-order valence-corrected chi connectivity index (χ1v) is 13.3. The molecule has 0 aliphatic carbocycles. The van der Waals surface area contributed by atoms with E-state index in [0.717, 1.165) is 55.8 Å². The monoisotopic (exact) mass is 482 g/mol. The molecule has 194 valence electrons. The first-order chi connectivity index (χ1) is 16.3. The van der Waals surface area contributed by atoms with Crippen LogP contribution in [0.2, 0.25) is 0 Å². The van der Waals surface area contributed by atoms with Gasteiger partial charge in [-0.2, -0.15) is 0 Å². The van der Waals surface area contributed by atoms with Gasteiger partial charge in [-0.15, -0.1) is 0 Å². The van der Waals surface area contributed by atoms with Gasteiger partial charge in [0.2, 0.25) is 5.62 Å². The smallest absolute Gasteiger partial charge is 0.202 e. The summed E-state index contributed by atoms with van der Waals surface area (Å²) < 4.78 is 3.88. The van der Waals surface area contributed by atoms with Gasteiger partial charge in [0.05, 0.1) is 6.54 Å². The normalized spacial score (nSPS) is 15.5. The Balaban J connectivity index is 1.91. The summed E-state index contributed by atoms with van der Waals surface area (Å²) >= 11 is 0. The molecule has 0 atom stereocenters. The number of aryl methyl sites for hydroxylation is 1. The SMILES string of the molecule is CCCc1cn(CC(=O)c2cc(C(C)(C)C)c(O)c(C(C)(C)C)c2)c(=N)n1CCN1CCCCC1. The Hall–Kier alpha value is -2.34. The Bertz CT molecular complexity index is 1050. The molecule has 1 aliphatic rings. The van der Waals surface area contributed by atoms with E-state index in [1.165, 1.54) is 19.3 Å². The van der Waals surface area contributed by atoms with Gasteiger partial charge < -0.3 is 19.1 Å². The van der Waals surface area contributed by atoms with Crippen molar-refractivity contribution in [2.45, 2.75) is 104 Å². The van der Waals surface area contributed by atoms with E-state index in [1.54, 1.807) is 4.57 Å². The standard InChI is InChI=1S/C29H46N4O2/c1-8-12-22-19-32(27(30)33(22)16-15-31-13-10-9-11-14-31)20-25(34)21-17-23(28(2,3)4)26(35)24(18-21)29(5,6)7/h17-19,30,35H,8-16,20H2,1-7H3. The van der Waals surface area contributed by atoms with Crippen LogP contribution in [0, 0.1) is 5.41 Å². The Morgan fingerprint density at radius 2 is 1.54 bits per heavy atom. The molecule has 2 heterocycles. The Morgan fingerprint density at radius 1 is 0.971 bits per heavy atom. The van der Waals surface area contributed by atoms with Crippen LogP contribution in [-0.4, -0.2) is 44.6 Å². The van der Waals surface area contributed by atoms with E-state index in [0.29, 0.717) is 11.2 Å². The van der Waals surface area contributed by atoms with E-state index < -0.39 is 0 Å². The number of aromatic nitrogens is 2. The Kier molecular flexibility index (Phi) is 8.36. The van der Waals surface area contributed by atoms with Crippen LogP contribution < -0.4 is 5.62 Å². The van der Waals surface area contributed by atoms with Crippen LogP contribution in [-0.2, 0) is 30.3 Å². The van der Waals surface area contributed by atoms with Gasteiger partial charge in [0, 0.05) is 41.7 Å². The topological polar surface area (TPSA) is 74.3 Å². The zero-order valence-corrected chi connectivity index (χ0v) is 23.0. The second-order valence-corrected chi connectivity index (χ2v) is 12.2. The van der Waals surface area contributed by atoms with E-state index in [2.05, 4.69) is 57.9 Å². The highest BCUT2D eigenvalue weighted by Gasteiger charge is 2.28. The van der Waals surface area contributed by atoms with E-state index in [9.17, 15) is 9.90 Å². The summed E-state index contributed by atoms with van der Waals surface area (Å²) in [6.07, 6.45) is 7.73. The number of hydrogen-bond donors (Lipinski definition) is 2. The maximum Gasteiger partial charge on any atom is 0.202 e. The highest BCUT2D eigenvalue weighted by atomic mass is 16.3. The van der Waals surface area contributed by atoms with E-state index in [-0.39, 0.29) is 28.9 Å². The minimum absolute atomic E-state index is 0.0317. The van der Waals surface area contributed by atoms with Crippen LogP contribution in [0.15, 0.2) is 18.3 Å². The molecular weight excluding hydrogens is 436 g/mol. The number of likely N-dealkylation sites (tertiary alicyclic amines) is 1. The zero-order valence-electron chi connectivity index (χ0n) is 23.0. The lowest BCUT2D eigenvalue weighted by Gasteiger charge is -2.28. The van der Waals surface area contributed by atoms with Crippen LogP contribution in [0.3, 0.4) is 0 Å². The number of nitrogens with one attached hydrogen (secondary N) is 1. The molecule has 0 bridgehead atoms. The quantitative estimate of drug-likeness (QED) is 0.495. The number of phenols is 1. The van der Waals surface area contributed by atoms with Gasteiger partial charge in [-0.1, -0.05) is 61.3 Å². The zero-order chi connectivity index (χ0) is 26.0. The van der Waals surface area contributed by atoms with Gasteiger partial charge in [0.25, 0.3) is 0 Å². The summed E-state index contributed by atoms with van der Waals surface area (Å²) in [5, 5.41) is 19.9. The molecule has 1 saturated heterocycles. The van der Waals surface area contributed by atoms with Gasteiger partial charge in [0.15, 0.2) is 5.78 Å². The summed E-state index contributed by atoms with van der Waals surface area (Å²) in [5.41, 5.74) is 3.11. The molecule has 35 heavy (non-hydrogen) atoms. The molecule has 3 rings (SSSR count). The van der Waals surface area contributed by atoms with Crippen molar-refractivity contribution >= 4 is 5.78 Å². The molecule has 0 spiro atoms. The van der Waals surface area contributed by atoms with Crippen molar-refractivity contribution in [3.05, 3.63) is 46.3 Å². The molecule has 1 aromatic heterocycles. The second-order valence-electron chi connectivity index (χ2n) is 12.2. The first-order valence-electron chi connectivity index (χ1n) is 13.3. The fourth-order valence-electron chi connectivity index (χ4n) is 5.04. The third-order valence-corrected chi connectivity index (χ3v) is 7.14. The van der Waals surface area contributed by atoms with Crippen molar-refractivity contribution in [2.24, 2.45) is 0 Å². The van der Waals surface area contributed by atoms with Crippen molar-refractivity contribution in [3.8, 4) is 5.75 Å². The molecule has 1 aliphatic heterocycles. The lowest BCUT2D eigenvalue weighted by Crippen LogP contribution is -2.36. The number of rotatable bonds is 8. The third-order valence-electron chi connectivity index (χ3n) is 7.14. The lowest BCUT2D eigenvalue weighted by molar-refractivity contribution is 0.0969. The van der Waals surface area contributed by atoms with E-state index in [1.807, 2.05) is 18.3 Å². The number of imidazole rings is 1. The van der Waals surface area contributed by atoms with Crippen molar-refractivity contribution in [1.82, 2.24) is 14.0 Å². The minimum Gasteiger partial charge on any atom is -0.507 e. The molecule has 2 N–H and O–H groups in total. The number of benzene rings is 1. The number of carbonyl (C=O) groups excluding carboxylic acids is 1. The van der Waals surface area contributed by atoms with Crippen molar-refractivity contribution in [1.29, 1.82) is 5.41 Å². The molecule has 0 saturated carbocycles. The van der Waals surface area contributed by atoms with Gasteiger partial charge in [0.1, 0.15) is 5.75 Å². The fourth-order valence-corrected chi connectivity index (χ4v) is 5.04. The van der Waals surface area contributed by atoms with Gasteiger partial charge in [-0.25, -0.2) is 0 Å². The number of hydrogen-bond acceptors (Lipinski definition) is 4. The summed E-state index contributed by atoms with van der Waals surface area (Å²) in [6.45, 7) is 18.6. The van der Waals surface area contributed by atoms with Crippen molar-refractivity contribution in [2.75, 3.05) is 19.6 Å². The average molecular weight is 483 g/mol. The predicted octanol–water partition coefficient (Wildman–Crippen LogP) is 5.39. The van der Waals surface area contributed by atoms with E-state index in [4.69, 9.17) is 5.41 Å². The number of aromatic hydroxyl groups is 1. The molecule has 0 radical (unpaired) electrons. The lowest BCUT2D eigenvalue weighted by atomic mass is 9.78. The molecule has 6 nitrogen and oxygen atoms in total. The Labute approximate surface area is 211 Å². The third kappa shape index (κ3) is 6.46. The van der Waals surface area contributed by atoms with Crippen LogP contribution in [0.1, 0.15) is 101 Å². The van der Waals surface area contributed by atoms with Crippen LogP contribution in [0.25, 0.3) is 0 Å². The number of Topliss-reactive ketones (excluding diaryl/α,β-unsaturated/α-hetero) is 1. The highest BCUT2D eigenvalue weighted by molar-refractivity contribution is 5.96. The van der Waals surface area contributed by atoms with Gasteiger partial charge in [-0.05, 0) is 55.3 Å². The molecule has 1 aromatic carbocycles. The number of carbonyl (C=O) groups is 1. The predicted molar refractivity (Wildman–Crippen MR) is 142 cm³/mol. The molecule has 0 amide bonds. The fraction of sp³-hybridized carbons (Fsp3) is 0.655. The molecule has 6 heteroatoms. The number of piperidine rings is 1. The van der Waals surface area contributed by atoms with Gasteiger partial charge in [-0.3, -0.25) is 10.2 Å². The maximum atomic E-state index is 13.5. The van der Waals surface area contributed by atoms with Crippen LogP contribution in [0.5, 0.6) is 5.75 Å². The van der Waals surface area contributed by atoms with E-state index >= 15 is 0 Å². The number of nitrogens with zero attached hydrogens (tertiary/aromatic N) is 3. The molecule has 0 unspecified atom stereocenters. The summed E-state index contributed by atoms with van der Waals surface area (Å²) in [4.78, 5) is 16.0. The van der Waals surface area contributed by atoms with Crippen LogP contribution in [0.4, 0.5) is 0 Å². The first kappa shape index (κ1) is 27.3. The van der Waals surface area contributed by atoms with Gasteiger partial charge >= 0.3 is 0 Å². The summed E-state index contributed by atoms with van der Waals surface area (Å²) in [5.74, 6) is 0.250. The molecular formula is C29H46N4O2. The molecule has 2 aromatic rings. The second kappa shape index (κ2) is 10.7. The maximum absolute atomic E-state index is 13.5. The summed E-state index contributed by atoms with van der Waals surface area (Å²) in [6, 6.07) is 3.69. The highest BCUT2D eigenvalue weighted by Crippen LogP contribution is 2.39. The van der Waals surface area contributed by atoms with Crippen molar-refractivity contribution < 1.29 is 9.90 Å². The Morgan fingerprint density at radius 3 is 2.06 bits per heavy atom.